The van der Waals surface area contributed by atoms with Gasteiger partial charge in [-0.15, -0.1) is 0 Å². The largest absolute Gasteiger partial charge is 0.392 e. The summed E-state index contributed by atoms with van der Waals surface area (Å²) < 4.78 is 0. The van der Waals surface area contributed by atoms with Gasteiger partial charge >= 0.3 is 0 Å². The first-order valence-electron chi connectivity index (χ1n) is 5.31. The van der Waals surface area contributed by atoms with E-state index in [0.717, 1.165) is 5.56 Å². The maximum absolute atomic E-state index is 11.6. The molecule has 0 saturated carbocycles. The van der Waals surface area contributed by atoms with Gasteiger partial charge in [-0.3, -0.25) is 4.79 Å². The zero-order valence-corrected chi connectivity index (χ0v) is 9.60. The number of rotatable bonds is 4. The van der Waals surface area contributed by atoms with Crippen LogP contribution in [0.5, 0.6) is 0 Å². The van der Waals surface area contributed by atoms with E-state index in [1.54, 1.807) is 24.3 Å². The molecule has 4 N–H and O–H groups in total. The predicted octanol–water partition coefficient (Wildman–Crippen LogP) is 1.10. The van der Waals surface area contributed by atoms with E-state index in [9.17, 15) is 4.79 Å². The average Bonchev–Trinajstić information content (AvgIpc) is 2.28. The Morgan fingerprint density at radius 2 is 1.94 bits per heavy atom. The number of nitrogens with two attached hydrogens (primary N) is 1. The normalized spacial score (nSPS) is 12.6. The van der Waals surface area contributed by atoms with Crippen molar-refractivity contribution in [2.24, 2.45) is 11.7 Å². The second-order valence-corrected chi connectivity index (χ2v) is 4.11. The Labute approximate surface area is 95.5 Å². The molecule has 16 heavy (non-hydrogen) atoms. The van der Waals surface area contributed by atoms with Crippen molar-refractivity contribution in [3.05, 3.63) is 29.8 Å². The third-order valence-corrected chi connectivity index (χ3v) is 2.43. The molecule has 1 atom stereocenters. The zero-order valence-electron chi connectivity index (χ0n) is 9.60. The lowest BCUT2D eigenvalue weighted by molar-refractivity contribution is -0.118. The summed E-state index contributed by atoms with van der Waals surface area (Å²) in [6, 6.07) is 6.51. The van der Waals surface area contributed by atoms with Gasteiger partial charge in [-0.05, 0) is 23.6 Å². The number of anilines is 1. The number of carbonyl (C=O) groups is 1. The van der Waals surface area contributed by atoms with Crippen LogP contribution in [-0.4, -0.2) is 17.1 Å². The van der Waals surface area contributed by atoms with Gasteiger partial charge in [0.05, 0.1) is 12.6 Å². The van der Waals surface area contributed by atoms with Crippen LogP contribution in [0.3, 0.4) is 0 Å². The maximum atomic E-state index is 11.6. The lowest BCUT2D eigenvalue weighted by Gasteiger charge is -2.15. The van der Waals surface area contributed by atoms with Crippen LogP contribution in [0, 0.1) is 5.92 Å². The summed E-state index contributed by atoms with van der Waals surface area (Å²) in [5.41, 5.74) is 7.22. The number of benzene rings is 1. The minimum Gasteiger partial charge on any atom is -0.392 e. The van der Waals surface area contributed by atoms with Gasteiger partial charge in [0.15, 0.2) is 0 Å². The quantitative estimate of drug-likeness (QED) is 0.714. The fourth-order valence-electron chi connectivity index (χ4n) is 1.22. The number of aliphatic hydroxyl groups excluding tert-OH is 1. The Bertz CT molecular complexity index is 347. The molecule has 1 aromatic rings. The molecule has 0 saturated heterocycles. The molecule has 0 radical (unpaired) electrons. The fraction of sp³-hybridized carbons (Fsp3) is 0.417. The third kappa shape index (κ3) is 3.32. The standard InChI is InChI=1S/C12H18N2O2/c1-8(2)11(13)12(16)14-10-5-3-9(7-15)4-6-10/h3-6,8,11,15H,7,13H2,1-2H3,(H,14,16)/t11-/m1/s1. The summed E-state index contributed by atoms with van der Waals surface area (Å²) in [6.45, 7) is 3.80. The van der Waals surface area contributed by atoms with Crippen molar-refractivity contribution in [2.45, 2.75) is 26.5 Å². The van der Waals surface area contributed by atoms with E-state index in [0.29, 0.717) is 5.69 Å². The van der Waals surface area contributed by atoms with Crippen LogP contribution in [0.25, 0.3) is 0 Å². The summed E-state index contributed by atoms with van der Waals surface area (Å²) in [6.07, 6.45) is 0. The minimum atomic E-state index is -0.502. The SMILES string of the molecule is CC(C)[C@@H](N)C(=O)Nc1ccc(CO)cc1. The molecule has 1 aromatic carbocycles. The van der Waals surface area contributed by atoms with Gasteiger partial charge in [-0.1, -0.05) is 26.0 Å². The number of amides is 1. The summed E-state index contributed by atoms with van der Waals surface area (Å²) in [4.78, 5) is 11.6. The van der Waals surface area contributed by atoms with Gasteiger partial charge in [0.1, 0.15) is 0 Å². The van der Waals surface area contributed by atoms with Crippen molar-refractivity contribution in [1.29, 1.82) is 0 Å². The van der Waals surface area contributed by atoms with E-state index in [2.05, 4.69) is 5.32 Å². The van der Waals surface area contributed by atoms with Crippen LogP contribution >= 0.6 is 0 Å². The smallest absolute Gasteiger partial charge is 0.241 e. The highest BCUT2D eigenvalue weighted by molar-refractivity contribution is 5.94. The van der Waals surface area contributed by atoms with Crippen LogP contribution in [0.2, 0.25) is 0 Å². The summed E-state index contributed by atoms with van der Waals surface area (Å²) in [7, 11) is 0. The third-order valence-electron chi connectivity index (χ3n) is 2.43. The highest BCUT2D eigenvalue weighted by Gasteiger charge is 2.16. The number of carbonyl (C=O) groups excluding carboxylic acids is 1. The second kappa shape index (κ2) is 5.63. The van der Waals surface area contributed by atoms with Crippen molar-refractivity contribution >= 4 is 11.6 Å². The molecule has 0 aliphatic heterocycles. The maximum Gasteiger partial charge on any atom is 0.241 e. The molecular formula is C12H18N2O2. The molecule has 0 spiro atoms. The Morgan fingerprint density at radius 3 is 2.38 bits per heavy atom. The van der Waals surface area contributed by atoms with Crippen LogP contribution in [0.4, 0.5) is 5.69 Å². The molecule has 4 heteroatoms. The van der Waals surface area contributed by atoms with Crippen LogP contribution in [0.1, 0.15) is 19.4 Å². The Balaban J connectivity index is 2.62. The van der Waals surface area contributed by atoms with Crippen LogP contribution in [-0.2, 0) is 11.4 Å². The second-order valence-electron chi connectivity index (χ2n) is 4.11. The van der Waals surface area contributed by atoms with E-state index in [4.69, 9.17) is 10.8 Å². The Morgan fingerprint density at radius 1 is 1.38 bits per heavy atom. The van der Waals surface area contributed by atoms with Crippen molar-refractivity contribution in [3.8, 4) is 0 Å². The predicted molar refractivity (Wildman–Crippen MR) is 63.8 cm³/mol. The van der Waals surface area contributed by atoms with Crippen LogP contribution in [0.15, 0.2) is 24.3 Å². The molecule has 1 amide bonds. The lowest BCUT2D eigenvalue weighted by Crippen LogP contribution is -2.39. The average molecular weight is 222 g/mol. The van der Waals surface area contributed by atoms with Gasteiger partial charge in [0.2, 0.25) is 5.91 Å². The van der Waals surface area contributed by atoms with Crippen LogP contribution < -0.4 is 11.1 Å². The molecule has 0 bridgehead atoms. The first-order valence-corrected chi connectivity index (χ1v) is 5.31. The van der Waals surface area contributed by atoms with E-state index < -0.39 is 6.04 Å². The van der Waals surface area contributed by atoms with Crippen molar-refractivity contribution < 1.29 is 9.90 Å². The lowest BCUT2D eigenvalue weighted by atomic mass is 10.0. The van der Waals surface area contributed by atoms with Gasteiger partial charge in [-0.25, -0.2) is 0 Å². The summed E-state index contributed by atoms with van der Waals surface area (Å²) in [5.74, 6) is -0.0801. The van der Waals surface area contributed by atoms with Gasteiger partial charge < -0.3 is 16.2 Å². The number of hydrogen-bond acceptors (Lipinski definition) is 3. The molecule has 0 unspecified atom stereocenters. The molecule has 88 valence electrons. The molecule has 0 aliphatic carbocycles. The summed E-state index contributed by atoms with van der Waals surface area (Å²) in [5, 5.41) is 11.6. The number of hydrogen-bond donors (Lipinski definition) is 3. The van der Waals surface area contributed by atoms with E-state index in [1.165, 1.54) is 0 Å². The Hall–Kier alpha value is -1.39. The number of aliphatic hydroxyl groups is 1. The molecular weight excluding hydrogens is 204 g/mol. The van der Waals surface area contributed by atoms with Gasteiger partial charge in [0, 0.05) is 5.69 Å². The number of nitrogens with one attached hydrogen (secondary N) is 1. The highest BCUT2D eigenvalue weighted by Crippen LogP contribution is 2.10. The fourth-order valence-corrected chi connectivity index (χ4v) is 1.22. The van der Waals surface area contributed by atoms with E-state index in [1.807, 2.05) is 13.8 Å². The van der Waals surface area contributed by atoms with Crippen molar-refractivity contribution in [2.75, 3.05) is 5.32 Å². The topological polar surface area (TPSA) is 75.4 Å². The minimum absolute atomic E-state index is 0.000264. The van der Waals surface area contributed by atoms with Crippen molar-refractivity contribution in [1.82, 2.24) is 0 Å². The first-order chi connectivity index (χ1) is 7.54. The molecule has 0 heterocycles. The monoisotopic (exact) mass is 222 g/mol. The molecule has 1 rings (SSSR count). The van der Waals surface area contributed by atoms with Gasteiger partial charge in [0.25, 0.3) is 0 Å². The van der Waals surface area contributed by atoms with E-state index in [-0.39, 0.29) is 18.4 Å². The molecule has 0 aromatic heterocycles. The first kappa shape index (κ1) is 12.7. The van der Waals surface area contributed by atoms with Crippen molar-refractivity contribution in [3.63, 3.8) is 0 Å². The highest BCUT2D eigenvalue weighted by atomic mass is 16.3. The van der Waals surface area contributed by atoms with Gasteiger partial charge in [-0.2, -0.15) is 0 Å². The molecule has 0 aliphatic rings. The van der Waals surface area contributed by atoms with E-state index >= 15 is 0 Å². The zero-order chi connectivity index (χ0) is 12.1. The Kier molecular flexibility index (Phi) is 4.46. The summed E-state index contributed by atoms with van der Waals surface area (Å²) >= 11 is 0. The molecule has 0 fully saturated rings. The molecule has 4 nitrogen and oxygen atoms in total.